The lowest BCUT2D eigenvalue weighted by Gasteiger charge is -2.09. The zero-order valence-electron chi connectivity index (χ0n) is 5.87. The highest BCUT2D eigenvalue weighted by Gasteiger charge is 2.26. The first-order valence-electron chi connectivity index (χ1n) is 3.21. The topological polar surface area (TPSA) is 80.5 Å². The first-order chi connectivity index (χ1) is 5.11. The van der Waals surface area contributed by atoms with Crippen LogP contribution in [0.15, 0.2) is 0 Å². The molecule has 5 heteroatoms. The van der Waals surface area contributed by atoms with Crippen LogP contribution in [0.2, 0.25) is 0 Å². The molecule has 0 saturated carbocycles. The fourth-order valence-corrected chi connectivity index (χ4v) is 0.960. The second-order valence-electron chi connectivity index (χ2n) is 2.38. The average molecular weight is 156 g/mol. The van der Waals surface area contributed by atoms with E-state index in [1.807, 2.05) is 0 Å². The molecule has 1 saturated heterocycles. The Kier molecular flexibility index (Phi) is 1.89. The summed E-state index contributed by atoms with van der Waals surface area (Å²) >= 11 is 0. The van der Waals surface area contributed by atoms with Crippen LogP contribution in [0.3, 0.4) is 0 Å². The van der Waals surface area contributed by atoms with Gasteiger partial charge in [-0.1, -0.05) is 0 Å². The van der Waals surface area contributed by atoms with Gasteiger partial charge in [-0.25, -0.2) is 0 Å². The summed E-state index contributed by atoms with van der Waals surface area (Å²) in [4.78, 5) is 32.9. The number of hydrogen-bond acceptors (Lipinski definition) is 3. The first kappa shape index (κ1) is 7.71. The molecule has 0 aromatic carbocycles. The third kappa shape index (κ3) is 1.54. The van der Waals surface area contributed by atoms with Crippen LogP contribution in [0.5, 0.6) is 0 Å². The maximum Gasteiger partial charge on any atom is 0.312 e. The lowest BCUT2D eigenvalue weighted by molar-refractivity contribution is -0.143. The van der Waals surface area contributed by atoms with Crippen LogP contribution in [-0.4, -0.2) is 35.6 Å². The van der Waals surface area contributed by atoms with Crippen LogP contribution in [0, 0.1) is 0 Å². The molecular weight excluding hydrogens is 148 g/mol. The molecule has 0 radical (unpaired) electrons. The van der Waals surface area contributed by atoms with Crippen molar-refractivity contribution in [2.75, 3.05) is 13.1 Å². The van der Waals surface area contributed by atoms with Crippen LogP contribution in [0.25, 0.3) is 0 Å². The minimum atomic E-state index is -1.00. The van der Waals surface area contributed by atoms with E-state index in [1.54, 1.807) is 0 Å². The molecule has 0 aliphatic carbocycles. The van der Waals surface area contributed by atoms with Crippen LogP contribution in [-0.2, 0) is 14.4 Å². The molecule has 60 valence electrons. The van der Waals surface area contributed by atoms with E-state index in [4.69, 9.17) is 5.73 Å². The fourth-order valence-electron chi connectivity index (χ4n) is 0.960. The normalized spacial score (nSPS) is 17.1. The van der Waals surface area contributed by atoms with Gasteiger partial charge >= 0.3 is 11.8 Å². The predicted molar refractivity (Wildman–Crippen MR) is 35.4 cm³/mol. The molecule has 5 nitrogen and oxygen atoms in total. The third-order valence-corrected chi connectivity index (χ3v) is 1.53. The summed E-state index contributed by atoms with van der Waals surface area (Å²) in [6.45, 7) is 0.350. The highest BCUT2D eigenvalue weighted by atomic mass is 16.2. The van der Waals surface area contributed by atoms with Crippen LogP contribution in [0.4, 0.5) is 0 Å². The molecule has 1 heterocycles. The van der Waals surface area contributed by atoms with Crippen molar-refractivity contribution in [3.8, 4) is 0 Å². The first-order valence-corrected chi connectivity index (χ1v) is 3.21. The molecule has 1 fully saturated rings. The number of ketones is 1. The summed E-state index contributed by atoms with van der Waals surface area (Å²) < 4.78 is 0. The molecule has 2 N–H and O–H groups in total. The number of rotatable bonds is 0. The molecule has 0 aromatic heterocycles. The number of nitrogens with zero attached hydrogens (tertiary/aromatic N) is 1. The van der Waals surface area contributed by atoms with Crippen molar-refractivity contribution < 1.29 is 14.4 Å². The second-order valence-corrected chi connectivity index (χ2v) is 2.38. The Balaban J connectivity index is 2.56. The quantitative estimate of drug-likeness (QED) is 0.423. The van der Waals surface area contributed by atoms with Crippen molar-refractivity contribution in [3.05, 3.63) is 0 Å². The van der Waals surface area contributed by atoms with E-state index in [0.29, 0.717) is 13.0 Å². The highest BCUT2D eigenvalue weighted by molar-refractivity contribution is 6.34. The summed E-state index contributed by atoms with van der Waals surface area (Å²) in [5, 5.41) is 0. The summed E-state index contributed by atoms with van der Waals surface area (Å²) in [6.07, 6.45) is 0.332. The van der Waals surface area contributed by atoms with E-state index in [9.17, 15) is 14.4 Å². The van der Waals surface area contributed by atoms with Gasteiger partial charge in [0, 0.05) is 13.0 Å². The predicted octanol–water partition coefficient (Wildman–Crippen LogP) is -1.73. The summed E-state index contributed by atoms with van der Waals surface area (Å²) in [7, 11) is 0. The zero-order valence-corrected chi connectivity index (χ0v) is 5.87. The number of hydrogen-bond donors (Lipinski definition) is 1. The smallest absolute Gasteiger partial charge is 0.312 e. The zero-order chi connectivity index (χ0) is 8.43. The summed E-state index contributed by atoms with van der Waals surface area (Å²) in [5.74, 6) is -1.80. The average Bonchev–Trinajstić information content (AvgIpc) is 2.34. The molecule has 0 atom stereocenters. The Morgan fingerprint density at radius 1 is 1.45 bits per heavy atom. The molecule has 0 aromatic rings. The standard InChI is InChI=1S/C6H8N2O3/c7-5(10)6(11)8-2-1-4(9)3-8/h1-3H2,(H2,7,10). The molecule has 1 aliphatic heterocycles. The number of likely N-dealkylation sites (tertiary alicyclic amines) is 1. The molecule has 2 amide bonds. The molecule has 0 unspecified atom stereocenters. The Bertz CT molecular complexity index is 224. The maximum atomic E-state index is 10.8. The molecule has 0 bridgehead atoms. The van der Waals surface area contributed by atoms with Gasteiger partial charge in [0.2, 0.25) is 0 Å². The minimum absolute atomic E-state index is 0.0281. The number of nitrogens with two attached hydrogens (primary N) is 1. The van der Waals surface area contributed by atoms with E-state index < -0.39 is 11.8 Å². The fraction of sp³-hybridized carbons (Fsp3) is 0.500. The van der Waals surface area contributed by atoms with Gasteiger partial charge in [0.25, 0.3) is 0 Å². The number of carbonyl (C=O) groups excluding carboxylic acids is 3. The Hall–Kier alpha value is -1.39. The molecule has 11 heavy (non-hydrogen) atoms. The van der Waals surface area contributed by atoms with Gasteiger partial charge in [-0.15, -0.1) is 0 Å². The van der Waals surface area contributed by atoms with Crippen molar-refractivity contribution in [1.29, 1.82) is 0 Å². The lowest BCUT2D eigenvalue weighted by Crippen LogP contribution is -2.38. The van der Waals surface area contributed by atoms with E-state index in [0.717, 1.165) is 4.90 Å². The van der Waals surface area contributed by atoms with Crippen molar-refractivity contribution in [1.82, 2.24) is 4.90 Å². The Labute approximate surface area is 63.1 Å². The van der Waals surface area contributed by atoms with Crippen molar-refractivity contribution in [3.63, 3.8) is 0 Å². The third-order valence-electron chi connectivity index (χ3n) is 1.53. The van der Waals surface area contributed by atoms with Gasteiger partial charge in [-0.05, 0) is 0 Å². The summed E-state index contributed by atoms with van der Waals surface area (Å²) in [5.41, 5.74) is 4.72. The van der Waals surface area contributed by atoms with Gasteiger partial charge in [-0.3, -0.25) is 14.4 Å². The largest absolute Gasteiger partial charge is 0.361 e. The minimum Gasteiger partial charge on any atom is -0.361 e. The number of primary amides is 1. The van der Waals surface area contributed by atoms with Crippen LogP contribution < -0.4 is 5.73 Å². The highest BCUT2D eigenvalue weighted by Crippen LogP contribution is 2.03. The monoisotopic (exact) mass is 156 g/mol. The second kappa shape index (κ2) is 2.69. The number of amides is 2. The molecule has 1 rings (SSSR count). The van der Waals surface area contributed by atoms with Gasteiger partial charge in [0.15, 0.2) is 5.78 Å². The maximum absolute atomic E-state index is 10.8. The van der Waals surface area contributed by atoms with Crippen molar-refractivity contribution in [2.24, 2.45) is 5.73 Å². The van der Waals surface area contributed by atoms with Gasteiger partial charge in [-0.2, -0.15) is 0 Å². The van der Waals surface area contributed by atoms with E-state index >= 15 is 0 Å². The molecule has 0 spiro atoms. The van der Waals surface area contributed by atoms with Gasteiger partial charge in [0.1, 0.15) is 0 Å². The number of Topliss-reactive ketones (excluding diaryl/α,β-unsaturated/α-hetero) is 1. The van der Waals surface area contributed by atoms with E-state index in [-0.39, 0.29) is 12.3 Å². The number of carbonyl (C=O) groups is 3. The molecule has 1 aliphatic rings. The van der Waals surface area contributed by atoms with Crippen molar-refractivity contribution >= 4 is 17.6 Å². The van der Waals surface area contributed by atoms with E-state index in [2.05, 4.69) is 0 Å². The summed E-state index contributed by atoms with van der Waals surface area (Å²) in [6, 6.07) is 0. The molecular formula is C6H8N2O3. The SMILES string of the molecule is NC(=O)C(=O)N1CCC(=O)C1. The van der Waals surface area contributed by atoms with E-state index in [1.165, 1.54) is 0 Å². The van der Waals surface area contributed by atoms with Gasteiger partial charge in [0.05, 0.1) is 6.54 Å². The van der Waals surface area contributed by atoms with Crippen LogP contribution >= 0.6 is 0 Å². The Morgan fingerprint density at radius 2 is 2.09 bits per heavy atom. The van der Waals surface area contributed by atoms with Crippen LogP contribution in [0.1, 0.15) is 6.42 Å². The van der Waals surface area contributed by atoms with Crippen molar-refractivity contribution in [2.45, 2.75) is 6.42 Å². The Morgan fingerprint density at radius 3 is 2.45 bits per heavy atom. The lowest BCUT2D eigenvalue weighted by atomic mass is 10.4. The van der Waals surface area contributed by atoms with Gasteiger partial charge < -0.3 is 10.6 Å².